The number of anilines is 1. The van der Waals surface area contributed by atoms with Crippen molar-refractivity contribution in [2.75, 3.05) is 12.0 Å². The van der Waals surface area contributed by atoms with E-state index in [-0.39, 0.29) is 35.6 Å². The summed E-state index contributed by atoms with van der Waals surface area (Å²) in [5.74, 6) is -2.98. The highest BCUT2D eigenvalue weighted by Crippen LogP contribution is 2.56. The highest BCUT2D eigenvalue weighted by molar-refractivity contribution is 6.25. The van der Waals surface area contributed by atoms with Crippen LogP contribution in [0.4, 0.5) is 5.69 Å². The van der Waals surface area contributed by atoms with Crippen molar-refractivity contribution in [3.63, 3.8) is 0 Å². The number of Topliss-reactive ketones (excluding diaryl/α,β-unsaturated/α-hetero) is 1. The maximum atomic E-state index is 14.2. The van der Waals surface area contributed by atoms with E-state index in [0.29, 0.717) is 57.2 Å². The molecule has 1 fully saturated rings. The topological polar surface area (TPSA) is 127 Å². The number of methoxy groups -OCH3 is 1. The van der Waals surface area contributed by atoms with E-state index in [9.17, 15) is 24.3 Å². The van der Waals surface area contributed by atoms with Crippen molar-refractivity contribution in [1.82, 2.24) is 4.98 Å². The molecule has 1 aliphatic heterocycles. The average molecular weight is 613 g/mol. The Balaban J connectivity index is 1.17. The number of phenols is 1. The number of para-hydroxylation sites is 2. The van der Waals surface area contributed by atoms with Crippen LogP contribution in [0.5, 0.6) is 11.5 Å². The standard InChI is InChI=1S/C37H28N2O7/c1-18-15-28(40)26-17-25-22(31(33(26)34(18)42)23-12-11-21(45-2)16-29(23)41)13-14-24-32(25)37(44)39(36(24)43)20-9-7-19(8-10-20)35-38-27-5-3-4-6-30(27)46-35/h3-13,15-16,24-25,31-32,41H,14,17H2,1-2H3. The summed E-state index contributed by atoms with van der Waals surface area (Å²) >= 11 is 0. The zero-order valence-corrected chi connectivity index (χ0v) is 25.0. The number of phenolic OH excluding ortho intramolecular Hbond substituents is 1. The van der Waals surface area contributed by atoms with E-state index in [1.165, 1.54) is 24.2 Å². The minimum atomic E-state index is -0.742. The van der Waals surface area contributed by atoms with E-state index in [1.807, 2.05) is 30.3 Å². The highest BCUT2D eigenvalue weighted by Gasteiger charge is 2.56. The van der Waals surface area contributed by atoms with E-state index in [0.717, 1.165) is 11.1 Å². The molecule has 0 saturated carbocycles. The summed E-state index contributed by atoms with van der Waals surface area (Å²) in [7, 11) is 1.49. The molecule has 4 unspecified atom stereocenters. The molecule has 3 aromatic carbocycles. The van der Waals surface area contributed by atoms with Crippen LogP contribution in [0.2, 0.25) is 0 Å². The fourth-order valence-electron chi connectivity index (χ4n) is 7.61. The Hall–Kier alpha value is -5.57. The second-order valence-corrected chi connectivity index (χ2v) is 12.2. The zero-order valence-electron chi connectivity index (χ0n) is 25.0. The van der Waals surface area contributed by atoms with Crippen LogP contribution in [0, 0.1) is 17.8 Å². The molecule has 1 aromatic heterocycles. The molecule has 3 aliphatic carbocycles. The number of amides is 2. The van der Waals surface area contributed by atoms with Gasteiger partial charge in [0, 0.05) is 39.8 Å². The predicted molar refractivity (Wildman–Crippen MR) is 168 cm³/mol. The average Bonchev–Trinajstić information content (AvgIpc) is 3.61. The van der Waals surface area contributed by atoms with Gasteiger partial charge in [-0.1, -0.05) is 29.8 Å². The molecule has 4 atom stereocenters. The summed E-state index contributed by atoms with van der Waals surface area (Å²) in [6.07, 6.45) is 3.73. The lowest BCUT2D eigenvalue weighted by Crippen LogP contribution is -2.39. The second kappa shape index (κ2) is 10.2. The zero-order chi connectivity index (χ0) is 31.9. The third-order valence-electron chi connectivity index (χ3n) is 9.78. The summed E-state index contributed by atoms with van der Waals surface area (Å²) in [6.45, 7) is 1.61. The number of ether oxygens (including phenoxy) is 1. The minimum absolute atomic E-state index is 0.0817. The molecule has 228 valence electrons. The van der Waals surface area contributed by atoms with Crippen LogP contribution < -0.4 is 9.64 Å². The van der Waals surface area contributed by atoms with Crippen molar-refractivity contribution in [3.05, 3.63) is 107 Å². The molecule has 0 radical (unpaired) electrons. The fraction of sp³-hybridized carbons (Fsp3) is 0.216. The molecule has 4 aliphatic rings. The molecular formula is C37H28N2O7. The van der Waals surface area contributed by atoms with Gasteiger partial charge in [-0.3, -0.25) is 24.1 Å². The molecule has 0 spiro atoms. The summed E-state index contributed by atoms with van der Waals surface area (Å²) in [4.78, 5) is 60.9. The highest BCUT2D eigenvalue weighted by atomic mass is 16.5. The van der Waals surface area contributed by atoms with Crippen LogP contribution in [-0.4, -0.2) is 40.6 Å². The van der Waals surface area contributed by atoms with Gasteiger partial charge in [0.05, 0.1) is 24.6 Å². The molecule has 8 rings (SSSR count). The molecule has 46 heavy (non-hydrogen) atoms. The number of carbonyl (C=O) groups excluding carboxylic acids is 4. The number of aromatic nitrogens is 1. The number of hydrogen-bond donors (Lipinski definition) is 1. The number of nitrogens with zero attached hydrogens (tertiary/aromatic N) is 2. The van der Waals surface area contributed by atoms with Crippen LogP contribution in [-0.2, 0) is 19.2 Å². The SMILES string of the molecule is COc1ccc(C2C3=CCC4C(=O)N(c5ccc(-c6nc7ccccc7o6)cc5)C(=O)C4C3CC3=C2C(=O)C(C)=CC3=O)c(O)c1. The van der Waals surface area contributed by atoms with Crippen molar-refractivity contribution < 1.29 is 33.4 Å². The Kier molecular flexibility index (Phi) is 6.22. The first-order valence-corrected chi connectivity index (χ1v) is 15.2. The quantitative estimate of drug-likeness (QED) is 0.173. The summed E-state index contributed by atoms with van der Waals surface area (Å²) in [5.41, 5.74) is 4.74. The van der Waals surface area contributed by atoms with Crippen LogP contribution in [0.3, 0.4) is 0 Å². The van der Waals surface area contributed by atoms with Crippen LogP contribution in [0.25, 0.3) is 22.6 Å². The van der Waals surface area contributed by atoms with E-state index >= 15 is 0 Å². The van der Waals surface area contributed by atoms with Crippen molar-refractivity contribution in [1.29, 1.82) is 0 Å². The first kappa shape index (κ1) is 27.9. The Morgan fingerprint density at radius 2 is 1.74 bits per heavy atom. The minimum Gasteiger partial charge on any atom is -0.507 e. The Morgan fingerprint density at radius 1 is 0.957 bits per heavy atom. The van der Waals surface area contributed by atoms with E-state index in [2.05, 4.69) is 4.98 Å². The Morgan fingerprint density at radius 3 is 2.48 bits per heavy atom. The molecule has 4 aromatic rings. The molecule has 9 heteroatoms. The molecule has 0 bridgehead atoms. The van der Waals surface area contributed by atoms with Crippen molar-refractivity contribution >= 4 is 40.2 Å². The number of rotatable bonds is 4. The van der Waals surface area contributed by atoms with Gasteiger partial charge in [0.25, 0.3) is 0 Å². The van der Waals surface area contributed by atoms with Crippen LogP contribution in [0.1, 0.15) is 31.2 Å². The smallest absolute Gasteiger partial charge is 0.238 e. The Labute approximate surface area is 263 Å². The molecule has 9 nitrogen and oxygen atoms in total. The molecule has 2 heterocycles. The van der Waals surface area contributed by atoms with Crippen LogP contribution >= 0.6 is 0 Å². The molecule has 1 N–H and O–H groups in total. The van der Waals surface area contributed by atoms with Gasteiger partial charge >= 0.3 is 0 Å². The Bertz CT molecular complexity index is 2080. The third-order valence-corrected chi connectivity index (χ3v) is 9.78. The molecular weight excluding hydrogens is 584 g/mol. The van der Waals surface area contributed by atoms with Gasteiger partial charge in [-0.15, -0.1) is 0 Å². The monoisotopic (exact) mass is 612 g/mol. The maximum Gasteiger partial charge on any atom is 0.238 e. The number of carbonyl (C=O) groups is 4. The van der Waals surface area contributed by atoms with Crippen molar-refractivity contribution in [2.24, 2.45) is 17.8 Å². The van der Waals surface area contributed by atoms with Crippen molar-refractivity contribution in [3.8, 4) is 23.0 Å². The predicted octanol–water partition coefficient (Wildman–Crippen LogP) is 5.84. The summed E-state index contributed by atoms with van der Waals surface area (Å²) < 4.78 is 11.2. The number of hydrogen-bond acceptors (Lipinski definition) is 8. The summed E-state index contributed by atoms with van der Waals surface area (Å²) in [6, 6.07) is 19.3. The molecule has 2 amide bonds. The first-order valence-electron chi connectivity index (χ1n) is 15.2. The van der Waals surface area contributed by atoms with Gasteiger partial charge in [0.15, 0.2) is 17.1 Å². The van der Waals surface area contributed by atoms with Gasteiger partial charge in [0.2, 0.25) is 17.7 Å². The maximum absolute atomic E-state index is 14.2. The fourth-order valence-corrected chi connectivity index (χ4v) is 7.61. The van der Waals surface area contributed by atoms with Gasteiger partial charge in [-0.2, -0.15) is 0 Å². The van der Waals surface area contributed by atoms with Gasteiger partial charge in [0.1, 0.15) is 17.0 Å². The number of benzene rings is 3. The van der Waals surface area contributed by atoms with E-state index in [4.69, 9.17) is 9.15 Å². The number of aromatic hydroxyl groups is 1. The van der Waals surface area contributed by atoms with Gasteiger partial charge in [-0.05, 0) is 74.2 Å². The van der Waals surface area contributed by atoms with Crippen molar-refractivity contribution in [2.45, 2.75) is 25.7 Å². The van der Waals surface area contributed by atoms with Gasteiger partial charge in [-0.25, -0.2) is 4.98 Å². The van der Waals surface area contributed by atoms with Crippen LogP contribution in [0.15, 0.2) is 106 Å². The lowest BCUT2D eigenvalue weighted by molar-refractivity contribution is -0.123. The lowest BCUT2D eigenvalue weighted by Gasteiger charge is -2.42. The molecule has 1 saturated heterocycles. The number of ketones is 2. The summed E-state index contributed by atoms with van der Waals surface area (Å²) in [5, 5.41) is 11.1. The lowest BCUT2D eigenvalue weighted by atomic mass is 9.59. The third kappa shape index (κ3) is 4.04. The number of fused-ring (bicyclic) bond motifs is 4. The normalized spacial score (nSPS) is 24.1. The van der Waals surface area contributed by atoms with Gasteiger partial charge < -0.3 is 14.3 Å². The number of oxazole rings is 1. The largest absolute Gasteiger partial charge is 0.507 e. The first-order chi connectivity index (χ1) is 22.2. The van der Waals surface area contributed by atoms with E-state index in [1.54, 1.807) is 43.3 Å². The number of imide groups is 1. The van der Waals surface area contributed by atoms with E-state index < -0.39 is 23.7 Å². The number of allylic oxidation sites excluding steroid dienone is 6. The second-order valence-electron chi connectivity index (χ2n) is 12.2.